The van der Waals surface area contributed by atoms with Gasteiger partial charge >= 0.3 is 0 Å². The van der Waals surface area contributed by atoms with E-state index in [0.717, 1.165) is 19.7 Å². The average Bonchev–Trinajstić information content (AvgIpc) is 2.78. The minimum absolute atomic E-state index is 0.433. The second-order valence-corrected chi connectivity index (χ2v) is 5.78. The van der Waals surface area contributed by atoms with E-state index >= 15 is 0 Å². The Kier molecular flexibility index (Phi) is 4.98. The number of hydrogen-bond donors (Lipinski definition) is 1. The molecule has 0 aliphatic carbocycles. The van der Waals surface area contributed by atoms with Crippen LogP contribution in [0.4, 0.5) is 0 Å². The summed E-state index contributed by atoms with van der Waals surface area (Å²) < 4.78 is 5.72. The van der Waals surface area contributed by atoms with Gasteiger partial charge in [-0.3, -0.25) is 4.90 Å². The van der Waals surface area contributed by atoms with E-state index in [1.54, 1.807) is 0 Å². The number of thiophene rings is 1. The van der Waals surface area contributed by atoms with Gasteiger partial charge in [-0.05, 0) is 38.4 Å². The van der Waals surface area contributed by atoms with Crippen molar-refractivity contribution in [1.29, 1.82) is 0 Å². The van der Waals surface area contributed by atoms with Gasteiger partial charge < -0.3 is 10.5 Å². The SMILES string of the molecule is CCOC1CCCN(Cc2ccc(CN)s2)C1. The molecule has 4 heteroatoms. The molecule has 1 aliphatic heterocycles. The summed E-state index contributed by atoms with van der Waals surface area (Å²) in [6.45, 7) is 6.88. The van der Waals surface area contributed by atoms with Crippen LogP contribution in [0.3, 0.4) is 0 Å². The molecule has 0 spiro atoms. The first-order valence-corrected chi connectivity index (χ1v) is 7.25. The van der Waals surface area contributed by atoms with E-state index in [-0.39, 0.29) is 0 Å². The lowest BCUT2D eigenvalue weighted by atomic mass is 10.1. The summed E-state index contributed by atoms with van der Waals surface area (Å²) in [5.74, 6) is 0. The first-order chi connectivity index (χ1) is 8.31. The van der Waals surface area contributed by atoms with E-state index < -0.39 is 0 Å². The zero-order valence-electron chi connectivity index (χ0n) is 10.5. The molecule has 1 unspecified atom stereocenters. The van der Waals surface area contributed by atoms with Gasteiger partial charge in [0.15, 0.2) is 0 Å². The maximum Gasteiger partial charge on any atom is 0.0702 e. The van der Waals surface area contributed by atoms with Crippen LogP contribution < -0.4 is 5.73 Å². The van der Waals surface area contributed by atoms with Crippen LogP contribution in [0, 0.1) is 0 Å². The minimum Gasteiger partial charge on any atom is -0.377 e. The van der Waals surface area contributed by atoms with Crippen LogP contribution in [0.25, 0.3) is 0 Å². The molecule has 1 aliphatic rings. The Labute approximate surface area is 108 Å². The molecule has 1 fully saturated rings. The standard InChI is InChI=1S/C13H22N2OS/c1-2-16-11-4-3-7-15(9-11)10-13-6-5-12(8-14)17-13/h5-6,11H,2-4,7-10,14H2,1H3. The van der Waals surface area contributed by atoms with Crippen LogP contribution in [0.1, 0.15) is 29.5 Å². The Morgan fingerprint density at radius 3 is 3.00 bits per heavy atom. The van der Waals surface area contributed by atoms with Gasteiger partial charge in [-0.1, -0.05) is 0 Å². The van der Waals surface area contributed by atoms with Crippen molar-refractivity contribution in [3.05, 3.63) is 21.9 Å². The van der Waals surface area contributed by atoms with Gasteiger partial charge in [0.1, 0.15) is 0 Å². The highest BCUT2D eigenvalue weighted by Crippen LogP contribution is 2.21. The average molecular weight is 254 g/mol. The summed E-state index contributed by atoms with van der Waals surface area (Å²) in [6.07, 6.45) is 2.89. The molecule has 1 saturated heterocycles. The molecule has 1 aromatic heterocycles. The predicted molar refractivity (Wildman–Crippen MR) is 72.1 cm³/mol. The maximum absolute atomic E-state index is 5.72. The highest BCUT2D eigenvalue weighted by Gasteiger charge is 2.20. The van der Waals surface area contributed by atoms with E-state index in [1.165, 1.54) is 29.1 Å². The molecule has 2 rings (SSSR count). The Balaban J connectivity index is 1.85. The number of likely N-dealkylation sites (tertiary alicyclic amines) is 1. The maximum atomic E-state index is 5.72. The quantitative estimate of drug-likeness (QED) is 0.875. The molecular formula is C13H22N2OS. The molecule has 0 bridgehead atoms. The van der Waals surface area contributed by atoms with Gasteiger partial charge in [0.25, 0.3) is 0 Å². The summed E-state index contributed by atoms with van der Waals surface area (Å²) in [4.78, 5) is 5.19. The van der Waals surface area contributed by atoms with Crippen molar-refractivity contribution in [2.24, 2.45) is 5.73 Å². The van der Waals surface area contributed by atoms with Crippen molar-refractivity contribution in [3.8, 4) is 0 Å². The first kappa shape index (κ1) is 13.0. The molecule has 2 heterocycles. The highest BCUT2D eigenvalue weighted by molar-refractivity contribution is 7.11. The number of rotatable bonds is 5. The van der Waals surface area contributed by atoms with Crippen molar-refractivity contribution in [1.82, 2.24) is 4.90 Å². The van der Waals surface area contributed by atoms with Crippen molar-refractivity contribution in [3.63, 3.8) is 0 Å². The Morgan fingerprint density at radius 2 is 2.29 bits per heavy atom. The molecule has 0 amide bonds. The van der Waals surface area contributed by atoms with Crippen molar-refractivity contribution < 1.29 is 4.74 Å². The lowest BCUT2D eigenvalue weighted by Gasteiger charge is -2.32. The van der Waals surface area contributed by atoms with Crippen molar-refractivity contribution in [2.45, 2.75) is 39.0 Å². The van der Waals surface area contributed by atoms with E-state index in [2.05, 4.69) is 24.0 Å². The predicted octanol–water partition coefficient (Wildman–Crippen LogP) is 2.21. The van der Waals surface area contributed by atoms with Gasteiger partial charge in [0.2, 0.25) is 0 Å². The number of nitrogens with zero attached hydrogens (tertiary/aromatic N) is 1. The molecule has 1 aromatic rings. The number of piperidine rings is 1. The number of nitrogens with two attached hydrogens (primary N) is 1. The topological polar surface area (TPSA) is 38.5 Å². The fraction of sp³-hybridized carbons (Fsp3) is 0.692. The summed E-state index contributed by atoms with van der Waals surface area (Å²) in [6, 6.07) is 4.35. The monoisotopic (exact) mass is 254 g/mol. The molecule has 17 heavy (non-hydrogen) atoms. The summed E-state index contributed by atoms with van der Waals surface area (Å²) in [7, 11) is 0. The van der Waals surface area contributed by atoms with E-state index in [1.807, 2.05) is 11.3 Å². The van der Waals surface area contributed by atoms with Gasteiger partial charge in [-0.15, -0.1) is 11.3 Å². The molecule has 0 aromatic carbocycles. The smallest absolute Gasteiger partial charge is 0.0702 e. The van der Waals surface area contributed by atoms with Crippen molar-refractivity contribution in [2.75, 3.05) is 19.7 Å². The van der Waals surface area contributed by atoms with E-state index in [0.29, 0.717) is 12.6 Å². The third kappa shape index (κ3) is 3.78. The Bertz CT molecular complexity index is 338. The zero-order chi connectivity index (χ0) is 12.1. The molecule has 1 atom stereocenters. The second-order valence-electron chi connectivity index (χ2n) is 4.53. The molecule has 0 radical (unpaired) electrons. The second kappa shape index (κ2) is 6.50. The first-order valence-electron chi connectivity index (χ1n) is 6.43. The van der Waals surface area contributed by atoms with E-state index in [4.69, 9.17) is 10.5 Å². The van der Waals surface area contributed by atoms with Crippen LogP contribution in [-0.2, 0) is 17.8 Å². The molecule has 2 N–H and O–H groups in total. The van der Waals surface area contributed by atoms with Crippen molar-refractivity contribution >= 4 is 11.3 Å². The fourth-order valence-corrected chi connectivity index (χ4v) is 3.31. The normalized spacial score (nSPS) is 21.9. The fourth-order valence-electron chi connectivity index (χ4n) is 2.37. The van der Waals surface area contributed by atoms with Gasteiger partial charge in [0, 0.05) is 36.0 Å². The van der Waals surface area contributed by atoms with Crippen LogP contribution in [0.5, 0.6) is 0 Å². The van der Waals surface area contributed by atoms with Gasteiger partial charge in [-0.2, -0.15) is 0 Å². The van der Waals surface area contributed by atoms with E-state index in [9.17, 15) is 0 Å². The molecule has 96 valence electrons. The minimum atomic E-state index is 0.433. The summed E-state index contributed by atoms with van der Waals surface area (Å²) in [5, 5.41) is 0. The Morgan fingerprint density at radius 1 is 1.47 bits per heavy atom. The van der Waals surface area contributed by atoms with Gasteiger partial charge in [0.05, 0.1) is 6.10 Å². The summed E-state index contributed by atoms with van der Waals surface area (Å²) >= 11 is 1.83. The Hall–Kier alpha value is -0.420. The lowest BCUT2D eigenvalue weighted by molar-refractivity contribution is 0.00390. The van der Waals surface area contributed by atoms with Crippen LogP contribution >= 0.6 is 11.3 Å². The molecular weight excluding hydrogens is 232 g/mol. The lowest BCUT2D eigenvalue weighted by Crippen LogP contribution is -2.39. The van der Waals surface area contributed by atoms with Gasteiger partial charge in [-0.25, -0.2) is 0 Å². The summed E-state index contributed by atoms with van der Waals surface area (Å²) in [5.41, 5.74) is 5.63. The number of ether oxygens (including phenoxy) is 1. The third-order valence-corrected chi connectivity index (χ3v) is 4.25. The largest absolute Gasteiger partial charge is 0.377 e. The zero-order valence-corrected chi connectivity index (χ0v) is 11.3. The highest BCUT2D eigenvalue weighted by atomic mass is 32.1. The number of hydrogen-bond acceptors (Lipinski definition) is 4. The van der Waals surface area contributed by atoms with Crippen LogP contribution in [0.15, 0.2) is 12.1 Å². The van der Waals surface area contributed by atoms with Crippen LogP contribution in [-0.4, -0.2) is 30.7 Å². The third-order valence-electron chi connectivity index (χ3n) is 3.16. The molecule has 3 nitrogen and oxygen atoms in total. The molecule has 0 saturated carbocycles. The van der Waals surface area contributed by atoms with Crippen LogP contribution in [0.2, 0.25) is 0 Å².